The zero-order valence-corrected chi connectivity index (χ0v) is 16.5. The number of nitro groups is 1. The molecule has 1 heterocycles. The average molecular weight is 413 g/mol. The maximum atomic E-state index is 13.0. The Bertz CT molecular complexity index is 1040. The molecule has 0 aliphatic carbocycles. The van der Waals surface area contributed by atoms with Crippen LogP contribution in [0.2, 0.25) is 0 Å². The number of methoxy groups -OCH3 is 2. The van der Waals surface area contributed by atoms with E-state index in [4.69, 9.17) is 9.47 Å². The largest absolute Gasteiger partial charge is 0.497 e. The Morgan fingerprint density at radius 2 is 1.80 bits per heavy atom. The van der Waals surface area contributed by atoms with Gasteiger partial charge in [0.25, 0.3) is 11.6 Å². The number of hydrogen-bond donors (Lipinski definition) is 1. The molecule has 30 heavy (non-hydrogen) atoms. The molecule has 0 saturated carbocycles. The third kappa shape index (κ3) is 3.54. The summed E-state index contributed by atoms with van der Waals surface area (Å²) < 4.78 is 10.3. The molecule has 0 spiro atoms. The fraction of sp³-hybridized carbons (Fsp3) is 0.250. The highest BCUT2D eigenvalue weighted by Gasteiger charge is 2.49. The number of nitro benzene ring substituents is 1. The van der Waals surface area contributed by atoms with Gasteiger partial charge in [0.1, 0.15) is 17.0 Å². The smallest absolute Gasteiger partial charge is 0.325 e. The number of benzene rings is 2. The number of urea groups is 1. The van der Waals surface area contributed by atoms with Crippen molar-refractivity contribution in [2.75, 3.05) is 20.8 Å². The third-order valence-electron chi connectivity index (χ3n) is 4.94. The van der Waals surface area contributed by atoms with Gasteiger partial charge < -0.3 is 14.8 Å². The van der Waals surface area contributed by atoms with Gasteiger partial charge in [-0.25, -0.2) is 4.79 Å². The van der Waals surface area contributed by atoms with Gasteiger partial charge in [-0.2, -0.15) is 0 Å². The van der Waals surface area contributed by atoms with Gasteiger partial charge in [0, 0.05) is 12.1 Å². The Labute approximate surface area is 171 Å². The van der Waals surface area contributed by atoms with Crippen LogP contribution in [0.15, 0.2) is 42.5 Å². The Hall–Kier alpha value is -3.95. The molecule has 10 nitrogen and oxygen atoms in total. The van der Waals surface area contributed by atoms with Crippen LogP contribution in [-0.2, 0) is 10.3 Å². The number of nitrogens with zero attached hydrogens (tertiary/aromatic N) is 2. The molecule has 0 aromatic heterocycles. The predicted molar refractivity (Wildman–Crippen MR) is 105 cm³/mol. The summed E-state index contributed by atoms with van der Waals surface area (Å²) in [6, 6.07) is 9.18. The minimum absolute atomic E-state index is 0.142. The first kappa shape index (κ1) is 20.8. The summed E-state index contributed by atoms with van der Waals surface area (Å²) in [6.45, 7) is 0.974. The van der Waals surface area contributed by atoms with Gasteiger partial charge in [-0.15, -0.1) is 0 Å². The van der Waals surface area contributed by atoms with E-state index in [2.05, 4.69) is 5.32 Å². The highest BCUT2D eigenvalue weighted by Crippen LogP contribution is 2.31. The van der Waals surface area contributed by atoms with Gasteiger partial charge >= 0.3 is 6.03 Å². The molecule has 0 radical (unpaired) electrons. The summed E-state index contributed by atoms with van der Waals surface area (Å²) in [4.78, 5) is 49.4. The lowest BCUT2D eigenvalue weighted by molar-refractivity contribution is -0.384. The van der Waals surface area contributed by atoms with E-state index in [-0.39, 0.29) is 17.0 Å². The van der Waals surface area contributed by atoms with Gasteiger partial charge in [0.05, 0.1) is 31.3 Å². The standard InChI is InChI=1S/C20H19N3O7/c1-20(12-4-6-13(7-5-12)23(27)28)18(25)22(19(26)21-20)11-16(24)15-10-14(29-2)8-9-17(15)30-3/h4-10H,11H2,1-3H3,(H,21,26)/t20-/m0/s1. The molecular weight excluding hydrogens is 394 g/mol. The minimum Gasteiger partial charge on any atom is -0.497 e. The molecule has 1 atom stereocenters. The Morgan fingerprint density at radius 3 is 2.37 bits per heavy atom. The number of amides is 3. The zero-order valence-electron chi connectivity index (χ0n) is 16.5. The summed E-state index contributed by atoms with van der Waals surface area (Å²) in [5.41, 5.74) is -1.07. The van der Waals surface area contributed by atoms with Crippen LogP contribution in [0.25, 0.3) is 0 Å². The molecule has 1 N–H and O–H groups in total. The second-order valence-corrected chi connectivity index (χ2v) is 6.74. The summed E-state index contributed by atoms with van der Waals surface area (Å²) in [6.07, 6.45) is 0. The molecule has 1 fully saturated rings. The van der Waals surface area contributed by atoms with Crippen molar-refractivity contribution < 1.29 is 28.8 Å². The van der Waals surface area contributed by atoms with E-state index in [1.54, 1.807) is 12.1 Å². The Kier molecular flexibility index (Phi) is 5.41. The van der Waals surface area contributed by atoms with Crippen LogP contribution in [0.5, 0.6) is 11.5 Å². The maximum absolute atomic E-state index is 13.0. The highest BCUT2D eigenvalue weighted by molar-refractivity contribution is 6.11. The van der Waals surface area contributed by atoms with Gasteiger partial charge in [0.2, 0.25) is 0 Å². The number of hydrogen-bond acceptors (Lipinski definition) is 7. The Morgan fingerprint density at radius 1 is 1.13 bits per heavy atom. The van der Waals surface area contributed by atoms with Crippen molar-refractivity contribution in [3.63, 3.8) is 0 Å². The summed E-state index contributed by atoms with van der Waals surface area (Å²) in [7, 11) is 2.85. The summed E-state index contributed by atoms with van der Waals surface area (Å²) >= 11 is 0. The molecule has 3 amide bonds. The SMILES string of the molecule is COc1ccc(OC)c(C(=O)CN2C(=O)N[C@@](C)(c3ccc([N+](=O)[O-])cc3)C2=O)c1. The number of Topliss-reactive ketones (excluding diaryl/α,β-unsaturated/α-hetero) is 1. The first-order chi connectivity index (χ1) is 14.2. The predicted octanol–water partition coefficient (Wildman–Crippen LogP) is 2.26. The van der Waals surface area contributed by atoms with E-state index in [1.165, 1.54) is 51.5 Å². The molecule has 3 rings (SSSR count). The van der Waals surface area contributed by atoms with Crippen molar-refractivity contribution in [1.29, 1.82) is 0 Å². The van der Waals surface area contributed by atoms with Crippen LogP contribution >= 0.6 is 0 Å². The van der Waals surface area contributed by atoms with E-state index < -0.39 is 34.7 Å². The maximum Gasteiger partial charge on any atom is 0.325 e. The van der Waals surface area contributed by atoms with E-state index in [0.29, 0.717) is 11.3 Å². The first-order valence-electron chi connectivity index (χ1n) is 8.85. The van der Waals surface area contributed by atoms with E-state index in [1.807, 2.05) is 0 Å². The second kappa shape index (κ2) is 7.82. The van der Waals surface area contributed by atoms with Crippen molar-refractivity contribution in [2.24, 2.45) is 0 Å². The first-order valence-corrected chi connectivity index (χ1v) is 8.85. The lowest BCUT2D eigenvalue weighted by Gasteiger charge is -2.22. The molecule has 1 aliphatic rings. The van der Waals surface area contributed by atoms with Crippen LogP contribution in [0.1, 0.15) is 22.8 Å². The number of non-ortho nitro benzene ring substituents is 1. The monoisotopic (exact) mass is 413 g/mol. The van der Waals surface area contributed by atoms with Crippen molar-refractivity contribution in [3.05, 3.63) is 63.7 Å². The summed E-state index contributed by atoms with van der Waals surface area (Å²) in [5, 5.41) is 13.4. The van der Waals surface area contributed by atoms with Gasteiger partial charge in [0.15, 0.2) is 5.78 Å². The van der Waals surface area contributed by atoms with Crippen molar-refractivity contribution >= 4 is 23.4 Å². The number of nitrogens with one attached hydrogen (secondary N) is 1. The molecule has 156 valence electrons. The molecule has 2 aromatic rings. The zero-order chi connectivity index (χ0) is 22.1. The Balaban J connectivity index is 1.86. The normalized spacial score (nSPS) is 18.2. The molecule has 1 aliphatic heterocycles. The van der Waals surface area contributed by atoms with Crippen molar-refractivity contribution in [1.82, 2.24) is 10.2 Å². The average Bonchev–Trinajstić information content (AvgIpc) is 2.97. The molecular formula is C20H19N3O7. The van der Waals surface area contributed by atoms with Gasteiger partial charge in [-0.1, -0.05) is 0 Å². The van der Waals surface area contributed by atoms with Crippen molar-refractivity contribution in [2.45, 2.75) is 12.5 Å². The van der Waals surface area contributed by atoms with Crippen LogP contribution < -0.4 is 14.8 Å². The number of imide groups is 1. The molecule has 1 saturated heterocycles. The number of ketones is 1. The van der Waals surface area contributed by atoms with E-state index in [0.717, 1.165) is 4.90 Å². The fourth-order valence-electron chi connectivity index (χ4n) is 3.21. The number of rotatable bonds is 7. The topological polar surface area (TPSA) is 128 Å². The van der Waals surface area contributed by atoms with Crippen molar-refractivity contribution in [3.8, 4) is 11.5 Å². The summed E-state index contributed by atoms with van der Waals surface area (Å²) in [5.74, 6) is -0.447. The molecule has 0 unspecified atom stereocenters. The lowest BCUT2D eigenvalue weighted by atomic mass is 9.92. The third-order valence-corrected chi connectivity index (χ3v) is 4.94. The lowest BCUT2D eigenvalue weighted by Crippen LogP contribution is -2.41. The molecule has 0 bridgehead atoms. The van der Waals surface area contributed by atoms with Crippen LogP contribution in [0.3, 0.4) is 0 Å². The number of carbonyl (C=O) groups excluding carboxylic acids is 3. The van der Waals surface area contributed by atoms with E-state index in [9.17, 15) is 24.5 Å². The van der Waals surface area contributed by atoms with Gasteiger partial charge in [-0.3, -0.25) is 24.6 Å². The highest BCUT2D eigenvalue weighted by atomic mass is 16.6. The van der Waals surface area contributed by atoms with Crippen LogP contribution in [0.4, 0.5) is 10.5 Å². The number of ether oxygens (including phenoxy) is 2. The van der Waals surface area contributed by atoms with E-state index >= 15 is 0 Å². The quantitative estimate of drug-likeness (QED) is 0.319. The fourth-order valence-corrected chi connectivity index (χ4v) is 3.21. The minimum atomic E-state index is -1.45. The molecule has 2 aromatic carbocycles. The molecule has 10 heteroatoms. The second-order valence-electron chi connectivity index (χ2n) is 6.74. The van der Waals surface area contributed by atoms with Crippen LogP contribution in [0, 0.1) is 10.1 Å². The number of carbonyl (C=O) groups is 3. The van der Waals surface area contributed by atoms with Gasteiger partial charge in [-0.05, 0) is 42.8 Å². The van der Waals surface area contributed by atoms with Crippen LogP contribution in [-0.4, -0.2) is 48.3 Å².